The van der Waals surface area contributed by atoms with Crippen molar-refractivity contribution in [2.45, 2.75) is 76.1 Å². The highest BCUT2D eigenvalue weighted by atomic mass is 16.6. The first-order chi connectivity index (χ1) is 9.37. The SMILES string of the molecule is CCC(C)C(=O)OC12CC3CCC1C(O)CC(O)(C3)C2. The van der Waals surface area contributed by atoms with Gasteiger partial charge in [0.15, 0.2) is 0 Å². The first-order valence-corrected chi connectivity index (χ1v) is 8.01. The lowest BCUT2D eigenvalue weighted by molar-refractivity contribution is -0.247. The second kappa shape index (κ2) is 4.70. The zero-order chi connectivity index (χ0) is 14.5. The molecule has 4 heteroatoms. The number of hydrogen-bond acceptors (Lipinski definition) is 4. The molecular weight excluding hydrogens is 256 g/mol. The molecular formula is C16H26O4. The number of aliphatic hydroxyl groups is 2. The smallest absolute Gasteiger partial charge is 0.309 e. The molecule has 2 N–H and O–H groups in total. The fourth-order valence-electron chi connectivity index (χ4n) is 4.82. The van der Waals surface area contributed by atoms with Gasteiger partial charge in [-0.1, -0.05) is 13.8 Å². The van der Waals surface area contributed by atoms with Crippen LogP contribution in [0.5, 0.6) is 0 Å². The molecule has 6 unspecified atom stereocenters. The fraction of sp³-hybridized carbons (Fsp3) is 0.938. The van der Waals surface area contributed by atoms with Gasteiger partial charge in [0.25, 0.3) is 0 Å². The number of ether oxygens (including phenoxy) is 1. The lowest BCUT2D eigenvalue weighted by Crippen LogP contribution is -2.65. The minimum atomic E-state index is -0.838. The highest BCUT2D eigenvalue weighted by molar-refractivity contribution is 5.72. The summed E-state index contributed by atoms with van der Waals surface area (Å²) >= 11 is 0. The van der Waals surface area contributed by atoms with E-state index >= 15 is 0 Å². The predicted octanol–water partition coefficient (Wildman–Crippen LogP) is 2.02. The summed E-state index contributed by atoms with van der Waals surface area (Å²) in [5.74, 6) is 0.156. The molecule has 20 heavy (non-hydrogen) atoms. The van der Waals surface area contributed by atoms with E-state index in [1.807, 2.05) is 13.8 Å². The number of rotatable bonds is 3. The average molecular weight is 282 g/mol. The van der Waals surface area contributed by atoms with Crippen molar-refractivity contribution < 1.29 is 19.7 Å². The van der Waals surface area contributed by atoms with Crippen molar-refractivity contribution in [3.8, 4) is 0 Å². The number of esters is 1. The zero-order valence-corrected chi connectivity index (χ0v) is 12.5. The lowest BCUT2D eigenvalue weighted by Gasteiger charge is -2.60. The van der Waals surface area contributed by atoms with Crippen molar-refractivity contribution in [2.75, 3.05) is 0 Å². The molecule has 0 radical (unpaired) electrons. The Kier molecular flexibility index (Phi) is 3.37. The van der Waals surface area contributed by atoms with E-state index in [4.69, 9.17) is 4.74 Å². The van der Waals surface area contributed by atoms with Crippen molar-refractivity contribution >= 4 is 5.97 Å². The Morgan fingerprint density at radius 1 is 1.35 bits per heavy atom. The zero-order valence-electron chi connectivity index (χ0n) is 12.5. The molecule has 0 saturated heterocycles. The maximum Gasteiger partial charge on any atom is 0.309 e. The molecule has 114 valence electrons. The first kappa shape index (κ1) is 14.3. The topological polar surface area (TPSA) is 66.8 Å². The molecule has 0 heterocycles. The molecule has 0 amide bonds. The minimum Gasteiger partial charge on any atom is -0.458 e. The Labute approximate surface area is 120 Å². The molecule has 0 spiro atoms. The average Bonchev–Trinajstić information content (AvgIpc) is 2.34. The van der Waals surface area contributed by atoms with Gasteiger partial charge in [0.2, 0.25) is 0 Å². The molecule has 3 aliphatic rings. The van der Waals surface area contributed by atoms with Crippen LogP contribution in [0.25, 0.3) is 0 Å². The summed E-state index contributed by atoms with van der Waals surface area (Å²) in [7, 11) is 0. The first-order valence-electron chi connectivity index (χ1n) is 8.01. The van der Waals surface area contributed by atoms with Gasteiger partial charge in [-0.3, -0.25) is 4.79 Å². The van der Waals surface area contributed by atoms with E-state index < -0.39 is 17.3 Å². The molecule has 0 aromatic rings. The van der Waals surface area contributed by atoms with Crippen LogP contribution in [-0.4, -0.2) is 33.5 Å². The van der Waals surface area contributed by atoms with E-state index in [0.717, 1.165) is 32.1 Å². The van der Waals surface area contributed by atoms with E-state index in [1.165, 1.54) is 0 Å². The quantitative estimate of drug-likeness (QED) is 0.777. The second-order valence-electron chi connectivity index (χ2n) is 7.43. The van der Waals surface area contributed by atoms with Crippen LogP contribution >= 0.6 is 0 Å². The van der Waals surface area contributed by atoms with Crippen LogP contribution in [0.1, 0.15) is 58.8 Å². The minimum absolute atomic E-state index is 0.00679. The highest BCUT2D eigenvalue weighted by Crippen LogP contribution is 2.58. The van der Waals surface area contributed by atoms with Crippen molar-refractivity contribution in [1.82, 2.24) is 0 Å². The Morgan fingerprint density at radius 3 is 2.80 bits per heavy atom. The van der Waals surface area contributed by atoms with E-state index in [0.29, 0.717) is 18.8 Å². The van der Waals surface area contributed by atoms with Crippen LogP contribution < -0.4 is 0 Å². The Bertz CT molecular complexity index is 405. The van der Waals surface area contributed by atoms with E-state index in [-0.39, 0.29) is 17.8 Å². The third kappa shape index (κ3) is 2.17. The molecule has 3 bridgehead atoms. The van der Waals surface area contributed by atoms with Gasteiger partial charge in [0, 0.05) is 18.8 Å². The standard InChI is InChI=1S/C16H26O4/c1-3-10(2)14(18)20-16-7-11-4-5-12(16)13(17)8-15(19,6-11)9-16/h10-13,17,19H,3-9H2,1-2H3. The van der Waals surface area contributed by atoms with Gasteiger partial charge in [0.1, 0.15) is 5.60 Å². The Balaban J connectivity index is 1.88. The Morgan fingerprint density at radius 2 is 2.10 bits per heavy atom. The summed E-state index contributed by atoms with van der Waals surface area (Å²) < 4.78 is 5.91. The van der Waals surface area contributed by atoms with Crippen LogP contribution in [0.2, 0.25) is 0 Å². The van der Waals surface area contributed by atoms with Crippen LogP contribution in [0.4, 0.5) is 0 Å². The van der Waals surface area contributed by atoms with Gasteiger partial charge in [0.05, 0.1) is 17.6 Å². The van der Waals surface area contributed by atoms with Gasteiger partial charge in [-0.05, 0) is 38.0 Å². The van der Waals surface area contributed by atoms with Gasteiger partial charge < -0.3 is 14.9 Å². The molecule has 3 aliphatic carbocycles. The number of carbonyl (C=O) groups is 1. The van der Waals surface area contributed by atoms with Crippen LogP contribution in [-0.2, 0) is 9.53 Å². The van der Waals surface area contributed by atoms with Crippen molar-refractivity contribution in [3.63, 3.8) is 0 Å². The predicted molar refractivity (Wildman–Crippen MR) is 73.9 cm³/mol. The summed E-state index contributed by atoms with van der Waals surface area (Å²) in [6.45, 7) is 3.86. The molecule has 3 rings (SSSR count). The molecule has 0 aromatic heterocycles. The molecule has 4 nitrogen and oxygen atoms in total. The molecule has 6 atom stereocenters. The van der Waals surface area contributed by atoms with E-state index in [2.05, 4.69) is 0 Å². The maximum absolute atomic E-state index is 12.2. The Hall–Kier alpha value is -0.610. The summed E-state index contributed by atoms with van der Waals surface area (Å²) in [5, 5.41) is 21.1. The third-order valence-electron chi connectivity index (χ3n) is 5.86. The molecule has 0 aliphatic heterocycles. The summed E-state index contributed by atoms with van der Waals surface area (Å²) in [4.78, 5) is 12.2. The molecule has 3 fully saturated rings. The van der Waals surface area contributed by atoms with Gasteiger partial charge in [-0.2, -0.15) is 0 Å². The number of hydrogen-bond donors (Lipinski definition) is 2. The molecule has 3 saturated carbocycles. The monoisotopic (exact) mass is 282 g/mol. The van der Waals surface area contributed by atoms with Gasteiger partial charge in [-0.15, -0.1) is 0 Å². The van der Waals surface area contributed by atoms with Crippen molar-refractivity contribution in [3.05, 3.63) is 0 Å². The van der Waals surface area contributed by atoms with E-state index in [1.54, 1.807) is 0 Å². The molecule has 0 aromatic carbocycles. The van der Waals surface area contributed by atoms with Crippen molar-refractivity contribution in [2.24, 2.45) is 17.8 Å². The van der Waals surface area contributed by atoms with Gasteiger partial charge in [-0.25, -0.2) is 0 Å². The van der Waals surface area contributed by atoms with Crippen LogP contribution in [0.3, 0.4) is 0 Å². The van der Waals surface area contributed by atoms with Crippen LogP contribution in [0, 0.1) is 17.8 Å². The van der Waals surface area contributed by atoms with Crippen LogP contribution in [0.15, 0.2) is 0 Å². The van der Waals surface area contributed by atoms with Crippen molar-refractivity contribution in [1.29, 1.82) is 0 Å². The number of fused-ring (bicyclic) bond motifs is 2. The summed E-state index contributed by atoms with van der Waals surface area (Å²) in [6.07, 6.45) is 4.69. The number of aliphatic hydroxyl groups excluding tert-OH is 1. The van der Waals surface area contributed by atoms with Gasteiger partial charge >= 0.3 is 5.97 Å². The normalized spacial score (nSPS) is 47.9. The fourth-order valence-corrected chi connectivity index (χ4v) is 4.82. The largest absolute Gasteiger partial charge is 0.458 e. The second-order valence-corrected chi connectivity index (χ2v) is 7.43. The summed E-state index contributed by atoms with van der Waals surface area (Å²) in [5.41, 5.74) is -1.46. The highest BCUT2D eigenvalue weighted by Gasteiger charge is 2.62. The third-order valence-corrected chi connectivity index (χ3v) is 5.86. The summed E-state index contributed by atoms with van der Waals surface area (Å²) in [6, 6.07) is 0. The van der Waals surface area contributed by atoms with E-state index in [9.17, 15) is 15.0 Å². The lowest BCUT2D eigenvalue weighted by atomic mass is 9.52. The maximum atomic E-state index is 12.2. The number of carbonyl (C=O) groups excluding carboxylic acids is 1.